The van der Waals surface area contributed by atoms with E-state index in [9.17, 15) is 9.59 Å². The lowest BCUT2D eigenvalue weighted by Crippen LogP contribution is -2.35. The number of fused-ring (bicyclic) bond motifs is 2. The van der Waals surface area contributed by atoms with Gasteiger partial charge in [-0.1, -0.05) is 57.2 Å². The second-order valence-electron chi connectivity index (χ2n) is 12.1. The Hall–Kier alpha value is -4.80. The fraction of sp³-hybridized carbons (Fsp3) is 0.294. The number of rotatable bonds is 7. The number of ether oxygens (including phenoxy) is 1. The number of urea groups is 1. The minimum absolute atomic E-state index is 0.129. The number of oxazole rings is 1. The van der Waals surface area contributed by atoms with E-state index < -0.39 is 11.9 Å². The molecule has 3 aromatic carbocycles. The van der Waals surface area contributed by atoms with Crippen molar-refractivity contribution in [3.05, 3.63) is 84.0 Å². The maximum atomic E-state index is 13.4. The lowest BCUT2D eigenvalue weighted by Gasteiger charge is -2.26. The van der Waals surface area contributed by atoms with Gasteiger partial charge in [-0.15, -0.1) is 0 Å². The molecular formula is C34H36N6O4. The van der Waals surface area contributed by atoms with Crippen molar-refractivity contribution in [2.24, 2.45) is 5.73 Å². The van der Waals surface area contributed by atoms with E-state index in [0.29, 0.717) is 22.5 Å². The number of hydrogen-bond acceptors (Lipinski definition) is 7. The van der Waals surface area contributed by atoms with Crippen molar-refractivity contribution in [1.29, 1.82) is 0 Å². The molecule has 0 spiro atoms. The fourth-order valence-electron chi connectivity index (χ4n) is 5.43. The second-order valence-corrected chi connectivity index (χ2v) is 12.1. The highest BCUT2D eigenvalue weighted by molar-refractivity contribution is 6.11. The topological polar surface area (TPSA) is 136 Å². The zero-order chi connectivity index (χ0) is 30.8. The first kappa shape index (κ1) is 29.3. The number of anilines is 2. The molecule has 6 rings (SSSR count). The van der Waals surface area contributed by atoms with E-state index in [1.165, 1.54) is 0 Å². The summed E-state index contributed by atoms with van der Waals surface area (Å²) in [5, 5.41) is 7.85. The number of amides is 3. The van der Waals surface area contributed by atoms with Crippen LogP contribution in [0.5, 0.6) is 0 Å². The average molecular weight is 593 g/mol. The molecule has 4 N–H and O–H groups in total. The predicted molar refractivity (Wildman–Crippen MR) is 172 cm³/mol. The van der Waals surface area contributed by atoms with Crippen molar-refractivity contribution in [2.45, 2.75) is 39.2 Å². The predicted octanol–water partition coefficient (Wildman–Crippen LogP) is 5.84. The number of nitrogens with zero attached hydrogens (tertiary/aromatic N) is 3. The zero-order valence-corrected chi connectivity index (χ0v) is 25.1. The van der Waals surface area contributed by atoms with Crippen LogP contribution in [-0.4, -0.2) is 53.1 Å². The smallest absolute Gasteiger partial charge is 0.323 e. The Morgan fingerprint density at radius 3 is 2.41 bits per heavy atom. The average Bonchev–Trinajstić information content (AvgIpc) is 3.40. The number of primary amides is 1. The SMILES string of the molecule is CC(C)(C)c1cc(NC(=O)Nc2ccc(-c3ccc(CN4CCOCC4)nc3)c3ccccc23)c2oc(CC(N)=O)nc2c1. The molecule has 1 aliphatic rings. The molecule has 3 amide bonds. The lowest BCUT2D eigenvalue weighted by atomic mass is 9.86. The maximum absolute atomic E-state index is 13.4. The number of hydrogen-bond donors (Lipinski definition) is 3. The Labute approximate surface area is 255 Å². The van der Waals surface area contributed by atoms with Crippen LogP contribution in [0.25, 0.3) is 33.0 Å². The molecule has 2 aromatic heterocycles. The summed E-state index contributed by atoms with van der Waals surface area (Å²) in [7, 11) is 0. The van der Waals surface area contributed by atoms with Gasteiger partial charge in [0.2, 0.25) is 11.8 Å². The fourth-order valence-corrected chi connectivity index (χ4v) is 5.43. The van der Waals surface area contributed by atoms with Gasteiger partial charge < -0.3 is 25.5 Å². The van der Waals surface area contributed by atoms with Crippen LogP contribution in [-0.2, 0) is 27.9 Å². The molecule has 0 bridgehead atoms. The first-order valence-electron chi connectivity index (χ1n) is 14.7. The molecular weight excluding hydrogens is 556 g/mol. The molecule has 10 heteroatoms. The van der Waals surface area contributed by atoms with E-state index in [1.54, 1.807) is 0 Å². The summed E-state index contributed by atoms with van der Waals surface area (Å²) in [6.07, 6.45) is 1.78. The minimum Gasteiger partial charge on any atom is -0.438 e. The van der Waals surface area contributed by atoms with E-state index in [0.717, 1.165) is 66.0 Å². The van der Waals surface area contributed by atoms with Crippen LogP contribution in [0.3, 0.4) is 0 Å². The molecule has 1 fully saturated rings. The summed E-state index contributed by atoms with van der Waals surface area (Å²) in [4.78, 5) is 36.4. The van der Waals surface area contributed by atoms with Crippen molar-refractivity contribution in [2.75, 3.05) is 36.9 Å². The van der Waals surface area contributed by atoms with Gasteiger partial charge in [-0.2, -0.15) is 0 Å². The zero-order valence-electron chi connectivity index (χ0n) is 25.1. The van der Waals surface area contributed by atoms with Crippen LogP contribution < -0.4 is 16.4 Å². The van der Waals surface area contributed by atoms with E-state index in [2.05, 4.69) is 53.4 Å². The summed E-state index contributed by atoms with van der Waals surface area (Å²) in [5.74, 6) is -0.345. The Morgan fingerprint density at radius 1 is 0.955 bits per heavy atom. The van der Waals surface area contributed by atoms with Gasteiger partial charge >= 0.3 is 6.03 Å². The van der Waals surface area contributed by atoms with Crippen LogP contribution >= 0.6 is 0 Å². The van der Waals surface area contributed by atoms with Gasteiger partial charge in [0.25, 0.3) is 0 Å². The number of nitrogens with one attached hydrogen (secondary N) is 2. The van der Waals surface area contributed by atoms with Gasteiger partial charge in [0.15, 0.2) is 5.58 Å². The third-order valence-corrected chi connectivity index (χ3v) is 7.77. The van der Waals surface area contributed by atoms with Crippen molar-refractivity contribution in [3.63, 3.8) is 0 Å². The van der Waals surface area contributed by atoms with Crippen molar-refractivity contribution < 1.29 is 18.7 Å². The van der Waals surface area contributed by atoms with E-state index in [1.807, 2.05) is 54.7 Å². The van der Waals surface area contributed by atoms with Gasteiger partial charge in [-0.05, 0) is 46.2 Å². The number of nitrogens with two attached hydrogens (primary N) is 1. The third kappa shape index (κ3) is 6.41. The molecule has 1 saturated heterocycles. The Bertz CT molecular complexity index is 1840. The number of carbonyl (C=O) groups is 2. The molecule has 3 heterocycles. The van der Waals surface area contributed by atoms with Crippen LogP contribution in [0.2, 0.25) is 0 Å². The highest BCUT2D eigenvalue weighted by atomic mass is 16.5. The molecule has 0 atom stereocenters. The van der Waals surface area contributed by atoms with E-state index >= 15 is 0 Å². The second kappa shape index (κ2) is 12.1. The van der Waals surface area contributed by atoms with Gasteiger partial charge in [-0.3, -0.25) is 14.7 Å². The molecule has 0 radical (unpaired) electrons. The van der Waals surface area contributed by atoms with Gasteiger partial charge in [0, 0.05) is 36.8 Å². The van der Waals surface area contributed by atoms with E-state index in [-0.39, 0.29) is 17.7 Å². The number of morpholine rings is 1. The molecule has 226 valence electrons. The van der Waals surface area contributed by atoms with Gasteiger partial charge in [0.05, 0.1) is 30.3 Å². The summed E-state index contributed by atoms with van der Waals surface area (Å²) in [5.41, 5.74) is 11.2. The summed E-state index contributed by atoms with van der Waals surface area (Å²) in [6.45, 7) is 10.4. The molecule has 5 aromatic rings. The molecule has 0 aliphatic carbocycles. The monoisotopic (exact) mass is 592 g/mol. The Balaban J connectivity index is 1.25. The van der Waals surface area contributed by atoms with Crippen LogP contribution in [0.15, 0.2) is 71.3 Å². The molecule has 10 nitrogen and oxygen atoms in total. The largest absolute Gasteiger partial charge is 0.438 e. The highest BCUT2D eigenvalue weighted by Gasteiger charge is 2.21. The molecule has 0 unspecified atom stereocenters. The highest BCUT2D eigenvalue weighted by Crippen LogP contribution is 2.35. The van der Waals surface area contributed by atoms with Gasteiger partial charge in [-0.25, -0.2) is 9.78 Å². The van der Waals surface area contributed by atoms with Crippen molar-refractivity contribution in [3.8, 4) is 11.1 Å². The summed E-state index contributed by atoms with van der Waals surface area (Å²) < 4.78 is 11.3. The van der Waals surface area contributed by atoms with Crippen LogP contribution in [0.1, 0.15) is 37.9 Å². The van der Waals surface area contributed by atoms with Crippen LogP contribution in [0.4, 0.5) is 16.2 Å². The number of benzene rings is 3. The van der Waals surface area contributed by atoms with E-state index in [4.69, 9.17) is 19.9 Å². The first-order chi connectivity index (χ1) is 21.1. The minimum atomic E-state index is -0.546. The maximum Gasteiger partial charge on any atom is 0.323 e. The summed E-state index contributed by atoms with van der Waals surface area (Å²) >= 11 is 0. The molecule has 44 heavy (non-hydrogen) atoms. The molecule has 0 saturated carbocycles. The molecule has 1 aliphatic heterocycles. The quantitative estimate of drug-likeness (QED) is 0.216. The number of carbonyl (C=O) groups excluding carboxylic acids is 2. The standard InChI is InChI=1S/C34H36N6O4/c1-34(2,3)22-16-28-32(44-31(37-28)18-30(35)41)29(17-22)39-33(42)38-27-11-10-24(25-6-4-5-7-26(25)27)21-8-9-23(36-19-21)20-40-12-14-43-15-13-40/h4-11,16-17,19H,12-15,18,20H2,1-3H3,(H2,35,41)(H2,38,39,42). The number of aromatic nitrogens is 2. The summed E-state index contributed by atoms with van der Waals surface area (Å²) in [6, 6.07) is 19.4. The third-order valence-electron chi connectivity index (χ3n) is 7.77. The van der Waals surface area contributed by atoms with Gasteiger partial charge in [0.1, 0.15) is 11.9 Å². The normalized spacial score (nSPS) is 14.2. The number of pyridine rings is 1. The first-order valence-corrected chi connectivity index (χ1v) is 14.7. The Kier molecular flexibility index (Phi) is 8.03. The lowest BCUT2D eigenvalue weighted by molar-refractivity contribution is -0.117. The Morgan fingerprint density at radius 2 is 1.70 bits per heavy atom. The van der Waals surface area contributed by atoms with Crippen molar-refractivity contribution >= 4 is 45.2 Å². The van der Waals surface area contributed by atoms with Crippen LogP contribution in [0, 0.1) is 0 Å². The van der Waals surface area contributed by atoms with Crippen molar-refractivity contribution in [1.82, 2.24) is 14.9 Å².